The van der Waals surface area contributed by atoms with Crippen molar-refractivity contribution in [2.45, 2.75) is 109 Å². The van der Waals surface area contributed by atoms with Crippen LogP contribution in [0.25, 0.3) is 0 Å². The molecule has 14 nitrogen and oxygen atoms in total. The fourth-order valence-electron chi connectivity index (χ4n) is 11.3. The molecule has 3 fully saturated rings. The van der Waals surface area contributed by atoms with E-state index in [0.717, 1.165) is 87.9 Å². The van der Waals surface area contributed by atoms with Gasteiger partial charge in [-0.15, -0.1) is 0 Å². The van der Waals surface area contributed by atoms with Crippen molar-refractivity contribution in [3.63, 3.8) is 0 Å². The van der Waals surface area contributed by atoms with E-state index in [1.807, 2.05) is 0 Å². The summed E-state index contributed by atoms with van der Waals surface area (Å²) < 4.78 is 63.3. The van der Waals surface area contributed by atoms with E-state index in [1.165, 1.54) is 49.1 Å². The Bertz CT molecular complexity index is 2920. The highest BCUT2D eigenvalue weighted by Gasteiger charge is 2.37. The molecule has 2 aliphatic carbocycles. The fraction of sp³-hybridized carbons (Fsp3) is 0.458. The van der Waals surface area contributed by atoms with Crippen molar-refractivity contribution < 1.29 is 36.9 Å². The molecule has 3 atom stereocenters. The number of pyridine rings is 1. The first-order chi connectivity index (χ1) is 35.8. The molecule has 3 heterocycles. The van der Waals surface area contributed by atoms with E-state index in [1.54, 1.807) is 26.2 Å². The van der Waals surface area contributed by atoms with Gasteiger partial charge < -0.3 is 34.7 Å². The largest absolute Gasteiger partial charge is 0.629 e. The Morgan fingerprint density at radius 3 is 2.37 bits per heavy atom. The summed E-state index contributed by atoms with van der Waals surface area (Å²) >= 11 is 0. The molecule has 1 saturated carbocycles. The number of carbonyl (C=O) groups is 1. The summed E-state index contributed by atoms with van der Waals surface area (Å²) in [5, 5.41) is 15.8. The average Bonchev–Trinajstić information content (AvgIpc) is 3.39. The number of anilines is 2. The van der Waals surface area contributed by atoms with Crippen molar-refractivity contribution in [3.05, 3.63) is 153 Å². The van der Waals surface area contributed by atoms with Gasteiger partial charge in [0.25, 0.3) is 15.9 Å². The number of allylic oxidation sites excluding steroid dienone is 3. The van der Waals surface area contributed by atoms with Crippen LogP contribution < -0.4 is 29.5 Å². The van der Waals surface area contributed by atoms with Gasteiger partial charge in [-0.1, -0.05) is 83.2 Å². The molecule has 3 aromatic carbocycles. The van der Waals surface area contributed by atoms with E-state index in [2.05, 4.69) is 113 Å². The van der Waals surface area contributed by atoms with Gasteiger partial charge in [0.15, 0.2) is 11.5 Å². The normalized spacial score (nSPS) is 21.7. The number of halogens is 1. The highest BCUT2D eigenvalue weighted by atomic mass is 32.2. The highest BCUT2D eigenvalue weighted by Crippen LogP contribution is 2.40. The summed E-state index contributed by atoms with van der Waals surface area (Å²) in [6.07, 6.45) is 7.93. The van der Waals surface area contributed by atoms with Crippen molar-refractivity contribution in [1.29, 1.82) is 0 Å². The molecule has 0 bridgehead atoms. The van der Waals surface area contributed by atoms with Crippen LogP contribution in [0.1, 0.15) is 111 Å². The van der Waals surface area contributed by atoms with Gasteiger partial charge in [-0.25, -0.2) is 22.5 Å². The van der Waals surface area contributed by atoms with Gasteiger partial charge >= 0.3 is 0 Å². The van der Waals surface area contributed by atoms with Crippen molar-refractivity contribution in [1.82, 2.24) is 19.5 Å². The first kappa shape index (κ1) is 55.4. The van der Waals surface area contributed by atoms with Gasteiger partial charge in [0.1, 0.15) is 34.1 Å². The lowest BCUT2D eigenvalue weighted by Crippen LogP contribution is -2.98. The summed E-state index contributed by atoms with van der Waals surface area (Å²) in [7, 11) is -0.0194. The third-order valence-corrected chi connectivity index (χ3v) is 17.1. The predicted octanol–water partition coefficient (Wildman–Crippen LogP) is 9.70. The third-order valence-electron chi connectivity index (χ3n) is 15.8. The highest BCUT2D eigenvalue weighted by molar-refractivity contribution is 7.90. The van der Waals surface area contributed by atoms with E-state index < -0.39 is 27.9 Å². The molecule has 16 heteroatoms. The number of nitrogens with one attached hydrogen (secondary N) is 3. The summed E-state index contributed by atoms with van der Waals surface area (Å²) in [5.74, 6) is 1.15. The summed E-state index contributed by atoms with van der Waals surface area (Å²) in [6, 6.07) is 22.1. The minimum atomic E-state index is -4.57. The first-order valence-corrected chi connectivity index (χ1v) is 27.9. The number of ether oxygens (including phenoxy) is 3. The summed E-state index contributed by atoms with van der Waals surface area (Å²) in [4.78, 5) is 25.9. The monoisotopic (exact) mass is 1050 g/mol. The Labute approximate surface area is 443 Å². The van der Waals surface area contributed by atoms with E-state index >= 15 is 0 Å². The number of benzene rings is 3. The van der Waals surface area contributed by atoms with E-state index in [9.17, 15) is 22.8 Å². The Morgan fingerprint density at radius 2 is 1.69 bits per heavy atom. The number of methoxy groups -OCH3 is 2. The van der Waals surface area contributed by atoms with Crippen LogP contribution in [0.5, 0.6) is 11.5 Å². The van der Waals surface area contributed by atoms with Crippen LogP contribution in [-0.4, -0.2) is 102 Å². The van der Waals surface area contributed by atoms with Gasteiger partial charge in [0.05, 0.1) is 25.9 Å². The molecule has 75 heavy (non-hydrogen) atoms. The second-order valence-electron chi connectivity index (χ2n) is 21.3. The molecule has 3 unspecified atom stereocenters. The van der Waals surface area contributed by atoms with E-state index in [0.29, 0.717) is 60.4 Å². The maximum absolute atomic E-state index is 14.9. The van der Waals surface area contributed by atoms with Crippen molar-refractivity contribution in [2.75, 3.05) is 70.8 Å². The molecule has 2 aliphatic heterocycles. The molecule has 4 aliphatic rings. The molecule has 2 saturated heterocycles. The predicted molar refractivity (Wildman–Crippen MR) is 295 cm³/mol. The number of hydrogen-bond acceptors (Lipinski definition) is 12. The standard InChI is InChI=1S/C59H76FN7O7S/c1-37(2)48-13-11-12-14-49(48)53-36-65(35-44-20-17-39(4)54(29-44)72-9)27-28-67(53)45-23-25-66(26-24-45)46-21-22-50(55(30-46)74-56-32-51(42(7)60)40(5)41(6)57(56)73-10)59(68)63-75(70,71)47-31-52(64(8)69)58(62-34-47)61-33-43-18-15-38(3)16-19-43/h11-14,17,20-22,29-32,34,37-38,43,45,53,57,64H,6-7,15-16,18-19,23-28,33,35-36H2,1-5,8-10H3,(H,61,62)(H,63,68)/t38-,43+,53?,57?. The molecular formula is C59H76FN7O7S. The zero-order chi connectivity index (χ0) is 53.7. The Balaban J connectivity index is 1.04. The van der Waals surface area contributed by atoms with Crippen LogP contribution in [0.4, 0.5) is 21.6 Å². The lowest BCUT2D eigenvalue weighted by molar-refractivity contribution is -0.751. The number of hydroxylamine groups is 1. The number of aryl methyl sites for hydroxylation is 1. The minimum Gasteiger partial charge on any atom is -0.629 e. The number of piperidine rings is 1. The number of carbonyl (C=O) groups excluding carboxylic acids is 1. The van der Waals surface area contributed by atoms with Gasteiger partial charge in [0, 0.05) is 88.4 Å². The summed E-state index contributed by atoms with van der Waals surface area (Å²) in [5.41, 5.74) is 6.98. The number of rotatable bonds is 18. The average molecular weight is 1050 g/mol. The van der Waals surface area contributed by atoms with Crippen molar-refractivity contribution >= 4 is 33.1 Å². The molecule has 1 amide bonds. The smallest absolute Gasteiger partial charge is 0.268 e. The van der Waals surface area contributed by atoms with Gasteiger partial charge in [-0.05, 0) is 115 Å². The lowest BCUT2D eigenvalue weighted by atomic mass is 9.83. The quantitative estimate of drug-likeness (QED) is 0.0814. The Hall–Kier alpha value is -5.88. The number of piperazine rings is 1. The molecule has 8 rings (SSSR count). The van der Waals surface area contributed by atoms with E-state index in [-0.39, 0.29) is 44.3 Å². The molecule has 402 valence electrons. The van der Waals surface area contributed by atoms with Crippen LogP contribution in [0, 0.1) is 24.0 Å². The second kappa shape index (κ2) is 24.0. The number of sulfonamides is 1. The van der Waals surface area contributed by atoms with Crippen molar-refractivity contribution in [2.24, 2.45) is 11.8 Å². The maximum Gasteiger partial charge on any atom is 0.268 e. The molecule has 0 spiro atoms. The SMILES string of the molecule is C=C(F)C1=C(C)C(=C)C(OC)C(Oc2cc(N3CCC(N4CCN(Cc5ccc(C)c(OC)c5)CC4c4ccccc4C(C)C)CC3)ccc2C(=O)NS(=O)(=O)c2cnc(NC[C@H]3CC[C@@H](C)CC3)c([NH+](C)[O-])c2)=C1. The Kier molecular flexibility index (Phi) is 17.7. The molecule has 3 N–H and O–H groups in total. The topological polar surface area (TPSA) is 153 Å². The zero-order valence-electron chi connectivity index (χ0n) is 45.0. The van der Waals surface area contributed by atoms with Crippen LogP contribution in [0.2, 0.25) is 0 Å². The fourth-order valence-corrected chi connectivity index (χ4v) is 12.3. The lowest BCUT2D eigenvalue weighted by Gasteiger charge is -2.48. The third kappa shape index (κ3) is 12.7. The van der Waals surface area contributed by atoms with Crippen LogP contribution in [0.3, 0.4) is 0 Å². The second-order valence-corrected chi connectivity index (χ2v) is 23.0. The van der Waals surface area contributed by atoms with Crippen LogP contribution >= 0.6 is 0 Å². The van der Waals surface area contributed by atoms with Crippen LogP contribution in [-0.2, 0) is 21.3 Å². The maximum atomic E-state index is 14.9. The molecule has 0 radical (unpaired) electrons. The minimum absolute atomic E-state index is 0.0266. The number of hydrogen-bond donors (Lipinski definition) is 3. The van der Waals surface area contributed by atoms with Gasteiger partial charge in [-0.2, -0.15) is 0 Å². The number of aromatic nitrogens is 1. The first-order valence-electron chi connectivity index (χ1n) is 26.4. The number of amides is 1. The number of nitrogens with zero attached hydrogens (tertiary/aromatic N) is 4. The summed E-state index contributed by atoms with van der Waals surface area (Å²) in [6.45, 7) is 23.8. The molecule has 1 aromatic heterocycles. The van der Waals surface area contributed by atoms with Gasteiger partial charge in [-0.3, -0.25) is 14.6 Å². The van der Waals surface area contributed by atoms with E-state index in [4.69, 9.17) is 14.2 Å². The Morgan fingerprint density at radius 1 is 0.960 bits per heavy atom. The molecular weight excluding hydrogens is 970 g/mol. The number of quaternary nitrogens is 1. The van der Waals surface area contributed by atoms with Crippen molar-refractivity contribution in [3.8, 4) is 11.5 Å². The molecule has 4 aromatic rings. The van der Waals surface area contributed by atoms with Gasteiger partial charge in [0.2, 0.25) is 0 Å². The van der Waals surface area contributed by atoms with Crippen LogP contribution in [0.15, 0.2) is 125 Å². The zero-order valence-corrected chi connectivity index (χ0v) is 45.8.